The Morgan fingerprint density at radius 3 is 2.18 bits per heavy atom. The highest BCUT2D eigenvalue weighted by molar-refractivity contribution is 5.94. The zero-order valence-electron chi connectivity index (χ0n) is 20.5. The van der Waals surface area contributed by atoms with Gasteiger partial charge in [0.15, 0.2) is 0 Å². The quantitative estimate of drug-likeness (QED) is 0.207. The van der Waals surface area contributed by atoms with Crippen molar-refractivity contribution in [3.63, 3.8) is 0 Å². The number of aryl methyl sites for hydroxylation is 1. The Morgan fingerprint density at radius 2 is 1.48 bits per heavy atom. The molecule has 0 N–H and O–H groups in total. The van der Waals surface area contributed by atoms with Gasteiger partial charge in [0.25, 0.3) is 0 Å². The van der Waals surface area contributed by atoms with Gasteiger partial charge in [-0.25, -0.2) is 4.79 Å². The van der Waals surface area contributed by atoms with E-state index in [9.17, 15) is 4.79 Å². The molecular formula is C31H38O2. The molecule has 0 heterocycles. The first-order chi connectivity index (χ1) is 16.1. The van der Waals surface area contributed by atoms with Crippen molar-refractivity contribution in [2.45, 2.75) is 65.7 Å². The zero-order chi connectivity index (χ0) is 23.5. The fourth-order valence-corrected chi connectivity index (χ4v) is 3.98. The van der Waals surface area contributed by atoms with Crippen LogP contribution < -0.4 is 0 Å². The van der Waals surface area contributed by atoms with Crippen LogP contribution in [0.15, 0.2) is 72.8 Å². The highest BCUT2D eigenvalue weighted by atomic mass is 16.5. The maximum absolute atomic E-state index is 12.7. The molecule has 3 aromatic rings. The van der Waals surface area contributed by atoms with Crippen LogP contribution >= 0.6 is 0 Å². The maximum Gasteiger partial charge on any atom is 0.338 e. The van der Waals surface area contributed by atoms with Gasteiger partial charge in [0.1, 0.15) is 0 Å². The fourth-order valence-electron chi connectivity index (χ4n) is 3.98. The molecule has 0 aliphatic heterocycles. The summed E-state index contributed by atoms with van der Waals surface area (Å²) in [4.78, 5) is 12.7. The summed E-state index contributed by atoms with van der Waals surface area (Å²) in [6, 6.07) is 25.1. The average Bonchev–Trinajstić information content (AvgIpc) is 2.87. The number of unbranched alkanes of at least 4 members (excludes halogenated alkanes) is 4. The smallest absolute Gasteiger partial charge is 0.338 e. The van der Waals surface area contributed by atoms with Gasteiger partial charge in [0.2, 0.25) is 0 Å². The second kappa shape index (κ2) is 13.0. The highest BCUT2D eigenvalue weighted by Crippen LogP contribution is 2.33. The molecule has 0 spiro atoms. The molecule has 174 valence electrons. The van der Waals surface area contributed by atoms with Crippen molar-refractivity contribution in [2.75, 3.05) is 6.61 Å². The molecule has 2 nitrogen and oxygen atoms in total. The predicted molar refractivity (Wildman–Crippen MR) is 140 cm³/mol. The van der Waals surface area contributed by atoms with Crippen molar-refractivity contribution < 1.29 is 9.53 Å². The van der Waals surface area contributed by atoms with Gasteiger partial charge in [-0.05, 0) is 58.7 Å². The van der Waals surface area contributed by atoms with E-state index >= 15 is 0 Å². The number of benzene rings is 3. The van der Waals surface area contributed by atoms with Crippen molar-refractivity contribution in [2.24, 2.45) is 5.92 Å². The van der Waals surface area contributed by atoms with E-state index in [2.05, 4.69) is 69.3 Å². The lowest BCUT2D eigenvalue weighted by Crippen LogP contribution is -2.11. The third-order valence-corrected chi connectivity index (χ3v) is 6.37. The van der Waals surface area contributed by atoms with Crippen molar-refractivity contribution in [1.29, 1.82) is 0 Å². The molecule has 3 aromatic carbocycles. The minimum atomic E-state index is -0.250. The van der Waals surface area contributed by atoms with Crippen LogP contribution in [-0.4, -0.2) is 12.6 Å². The Kier molecular flexibility index (Phi) is 9.75. The van der Waals surface area contributed by atoms with Crippen LogP contribution in [0.2, 0.25) is 0 Å². The Morgan fingerprint density at radius 1 is 0.788 bits per heavy atom. The van der Waals surface area contributed by atoms with Crippen molar-refractivity contribution in [3.8, 4) is 22.3 Å². The van der Waals surface area contributed by atoms with Crippen molar-refractivity contribution >= 4 is 5.97 Å². The van der Waals surface area contributed by atoms with E-state index in [0.29, 0.717) is 18.1 Å². The summed E-state index contributed by atoms with van der Waals surface area (Å²) in [5.41, 5.74) is 6.44. The standard InChI is InChI=1S/C31H38O2/c1-4-6-7-8-10-13-25-16-18-27(19-17-25)30-22-28(31(32)33-23-24(3)5-2)20-21-29(30)26-14-11-9-12-15-26/h9,11-12,14-22,24H,4-8,10,13,23H2,1-3H3. The largest absolute Gasteiger partial charge is 0.462 e. The molecule has 0 radical (unpaired) electrons. The molecule has 0 saturated carbocycles. The summed E-state index contributed by atoms with van der Waals surface area (Å²) >= 11 is 0. The zero-order valence-corrected chi connectivity index (χ0v) is 20.5. The first-order valence-electron chi connectivity index (χ1n) is 12.6. The molecule has 33 heavy (non-hydrogen) atoms. The van der Waals surface area contributed by atoms with E-state index < -0.39 is 0 Å². The molecule has 3 rings (SSSR count). The lowest BCUT2D eigenvalue weighted by molar-refractivity contribution is 0.0447. The monoisotopic (exact) mass is 442 g/mol. The number of hydrogen-bond donors (Lipinski definition) is 0. The second-order valence-corrected chi connectivity index (χ2v) is 9.10. The van der Waals surface area contributed by atoms with E-state index in [1.807, 2.05) is 24.3 Å². The summed E-state index contributed by atoms with van der Waals surface area (Å²) in [5.74, 6) is 0.117. The van der Waals surface area contributed by atoms with Crippen LogP contribution in [0, 0.1) is 5.92 Å². The number of carbonyl (C=O) groups is 1. The first kappa shape index (κ1) is 24.8. The van der Waals surface area contributed by atoms with Crippen LogP contribution in [0.25, 0.3) is 22.3 Å². The van der Waals surface area contributed by atoms with E-state index in [1.54, 1.807) is 0 Å². The van der Waals surface area contributed by atoms with Crippen LogP contribution in [-0.2, 0) is 11.2 Å². The fraction of sp³-hybridized carbons (Fsp3) is 0.387. The minimum absolute atomic E-state index is 0.250. The Hall–Kier alpha value is -2.87. The Balaban J connectivity index is 1.84. The number of rotatable bonds is 12. The average molecular weight is 443 g/mol. The van der Waals surface area contributed by atoms with Gasteiger partial charge in [-0.2, -0.15) is 0 Å². The molecule has 0 aromatic heterocycles. The number of ether oxygens (including phenoxy) is 1. The van der Waals surface area contributed by atoms with Gasteiger partial charge in [0, 0.05) is 0 Å². The molecule has 0 amide bonds. The number of esters is 1. The molecule has 0 bridgehead atoms. The van der Waals surface area contributed by atoms with Crippen LogP contribution in [0.5, 0.6) is 0 Å². The lowest BCUT2D eigenvalue weighted by Gasteiger charge is -2.14. The van der Waals surface area contributed by atoms with Crippen LogP contribution in [0.1, 0.15) is 75.2 Å². The van der Waals surface area contributed by atoms with Gasteiger partial charge in [-0.3, -0.25) is 0 Å². The molecule has 1 unspecified atom stereocenters. The first-order valence-corrected chi connectivity index (χ1v) is 12.6. The highest BCUT2D eigenvalue weighted by Gasteiger charge is 2.14. The number of carbonyl (C=O) groups excluding carboxylic acids is 1. The Bertz CT molecular complexity index is 989. The normalized spacial score (nSPS) is 11.8. The topological polar surface area (TPSA) is 26.3 Å². The molecular weight excluding hydrogens is 404 g/mol. The second-order valence-electron chi connectivity index (χ2n) is 9.10. The summed E-state index contributed by atoms with van der Waals surface area (Å²) in [6.45, 7) is 6.92. The molecule has 0 aliphatic carbocycles. The lowest BCUT2D eigenvalue weighted by atomic mass is 9.92. The molecule has 0 fully saturated rings. The minimum Gasteiger partial charge on any atom is -0.462 e. The van der Waals surface area contributed by atoms with Gasteiger partial charge < -0.3 is 4.74 Å². The van der Waals surface area contributed by atoms with E-state index in [0.717, 1.165) is 35.1 Å². The van der Waals surface area contributed by atoms with E-state index in [-0.39, 0.29) is 5.97 Å². The third-order valence-electron chi connectivity index (χ3n) is 6.37. The van der Waals surface area contributed by atoms with Crippen LogP contribution in [0.4, 0.5) is 0 Å². The van der Waals surface area contributed by atoms with Gasteiger partial charge in [0.05, 0.1) is 12.2 Å². The Labute approximate surface area is 200 Å². The number of hydrogen-bond acceptors (Lipinski definition) is 2. The summed E-state index contributed by atoms with van der Waals surface area (Å²) < 4.78 is 5.57. The van der Waals surface area contributed by atoms with Crippen molar-refractivity contribution in [1.82, 2.24) is 0 Å². The van der Waals surface area contributed by atoms with Gasteiger partial charge >= 0.3 is 5.97 Å². The van der Waals surface area contributed by atoms with Gasteiger partial charge in [-0.15, -0.1) is 0 Å². The molecule has 1 atom stereocenters. The predicted octanol–water partition coefficient (Wildman–Crippen LogP) is 8.74. The molecule has 2 heteroatoms. The maximum atomic E-state index is 12.7. The summed E-state index contributed by atoms with van der Waals surface area (Å²) in [5, 5.41) is 0. The van der Waals surface area contributed by atoms with E-state index in [1.165, 1.54) is 37.7 Å². The van der Waals surface area contributed by atoms with E-state index in [4.69, 9.17) is 4.74 Å². The third kappa shape index (κ3) is 7.32. The molecule has 0 saturated heterocycles. The molecule has 0 aliphatic rings. The SMILES string of the molecule is CCCCCCCc1ccc(-c2cc(C(=O)OCC(C)CC)ccc2-c2ccccc2)cc1. The van der Waals surface area contributed by atoms with Gasteiger partial charge in [-0.1, -0.05) is 114 Å². The van der Waals surface area contributed by atoms with Crippen LogP contribution in [0.3, 0.4) is 0 Å². The summed E-state index contributed by atoms with van der Waals surface area (Å²) in [6.07, 6.45) is 8.60. The summed E-state index contributed by atoms with van der Waals surface area (Å²) in [7, 11) is 0. The van der Waals surface area contributed by atoms with Crippen molar-refractivity contribution in [3.05, 3.63) is 83.9 Å².